The van der Waals surface area contributed by atoms with E-state index in [1.165, 1.54) is 0 Å². The van der Waals surface area contributed by atoms with Crippen LogP contribution >= 0.6 is 15.9 Å². The van der Waals surface area contributed by atoms with Crippen LogP contribution in [0.2, 0.25) is 0 Å². The second kappa shape index (κ2) is 5.78. The van der Waals surface area contributed by atoms with Gasteiger partial charge in [-0.25, -0.2) is 4.79 Å². The van der Waals surface area contributed by atoms with E-state index in [1.807, 2.05) is 25.7 Å². The lowest BCUT2D eigenvalue weighted by atomic mass is 9.99. The molecular formula is C13H25BrN2O2. The van der Waals surface area contributed by atoms with Gasteiger partial charge in [0.25, 0.3) is 0 Å². The molecular weight excluding hydrogens is 296 g/mol. The molecule has 0 bridgehead atoms. The zero-order valence-electron chi connectivity index (χ0n) is 12.1. The van der Waals surface area contributed by atoms with Gasteiger partial charge in [0, 0.05) is 37.0 Å². The van der Waals surface area contributed by atoms with Crippen molar-refractivity contribution in [1.82, 2.24) is 9.80 Å². The SMILES string of the molecule is CC(C)(C)OC(=O)N1CCN(CCBr)C(C)(C)C1. The molecule has 0 aromatic rings. The summed E-state index contributed by atoms with van der Waals surface area (Å²) in [6.45, 7) is 13.4. The predicted molar refractivity (Wildman–Crippen MR) is 77.3 cm³/mol. The smallest absolute Gasteiger partial charge is 0.410 e. The van der Waals surface area contributed by atoms with Crippen LogP contribution in [-0.4, -0.2) is 58.5 Å². The molecule has 0 unspecified atom stereocenters. The first-order valence-electron chi connectivity index (χ1n) is 6.45. The minimum Gasteiger partial charge on any atom is -0.444 e. The summed E-state index contributed by atoms with van der Waals surface area (Å²) in [6, 6.07) is 0. The summed E-state index contributed by atoms with van der Waals surface area (Å²) in [5, 5.41) is 0.961. The topological polar surface area (TPSA) is 32.8 Å². The number of amides is 1. The number of halogens is 1. The lowest BCUT2D eigenvalue weighted by Crippen LogP contribution is -2.61. The van der Waals surface area contributed by atoms with Crippen molar-refractivity contribution in [3.63, 3.8) is 0 Å². The Labute approximate surface area is 119 Å². The predicted octanol–water partition coefficient (Wildman–Crippen LogP) is 2.71. The van der Waals surface area contributed by atoms with Crippen molar-refractivity contribution in [2.45, 2.75) is 45.8 Å². The Morgan fingerprint density at radius 1 is 1.33 bits per heavy atom. The molecule has 0 radical (unpaired) electrons. The normalized spacial score (nSPS) is 20.9. The van der Waals surface area contributed by atoms with Crippen LogP contribution in [0.4, 0.5) is 4.79 Å². The highest BCUT2D eigenvalue weighted by atomic mass is 79.9. The third-order valence-corrected chi connectivity index (χ3v) is 3.43. The molecule has 1 aliphatic heterocycles. The third kappa shape index (κ3) is 4.43. The van der Waals surface area contributed by atoms with Gasteiger partial charge in [-0.15, -0.1) is 0 Å². The van der Waals surface area contributed by atoms with Crippen molar-refractivity contribution in [3.8, 4) is 0 Å². The summed E-state index contributed by atoms with van der Waals surface area (Å²) in [6.07, 6.45) is -0.200. The van der Waals surface area contributed by atoms with E-state index in [2.05, 4.69) is 34.7 Å². The molecule has 0 spiro atoms. The van der Waals surface area contributed by atoms with E-state index in [1.54, 1.807) is 0 Å². The maximum Gasteiger partial charge on any atom is 0.410 e. The fourth-order valence-corrected chi connectivity index (χ4v) is 2.62. The number of carbonyl (C=O) groups is 1. The summed E-state index contributed by atoms with van der Waals surface area (Å²) in [4.78, 5) is 16.3. The largest absolute Gasteiger partial charge is 0.444 e. The quantitative estimate of drug-likeness (QED) is 0.733. The van der Waals surface area contributed by atoms with Gasteiger partial charge in [-0.1, -0.05) is 15.9 Å². The fraction of sp³-hybridized carbons (Fsp3) is 0.923. The first-order chi connectivity index (χ1) is 8.15. The van der Waals surface area contributed by atoms with Gasteiger partial charge >= 0.3 is 6.09 Å². The molecule has 1 fully saturated rings. The van der Waals surface area contributed by atoms with Crippen LogP contribution in [0.15, 0.2) is 0 Å². The fourth-order valence-electron chi connectivity index (χ4n) is 2.19. The van der Waals surface area contributed by atoms with E-state index in [0.717, 1.165) is 31.5 Å². The van der Waals surface area contributed by atoms with Crippen LogP contribution < -0.4 is 0 Å². The Morgan fingerprint density at radius 3 is 2.39 bits per heavy atom. The first kappa shape index (κ1) is 15.8. The maximum atomic E-state index is 12.0. The Bertz CT molecular complexity index is 300. The van der Waals surface area contributed by atoms with E-state index >= 15 is 0 Å². The van der Waals surface area contributed by atoms with Crippen molar-refractivity contribution >= 4 is 22.0 Å². The highest BCUT2D eigenvalue weighted by Crippen LogP contribution is 2.22. The van der Waals surface area contributed by atoms with Crippen LogP contribution in [0, 0.1) is 0 Å². The molecule has 0 aromatic heterocycles. The number of carbonyl (C=O) groups excluding carboxylic acids is 1. The van der Waals surface area contributed by atoms with Crippen molar-refractivity contribution in [2.75, 3.05) is 31.5 Å². The van der Waals surface area contributed by atoms with Crippen LogP contribution in [0.1, 0.15) is 34.6 Å². The van der Waals surface area contributed by atoms with E-state index in [0.29, 0.717) is 0 Å². The second-order valence-corrected chi connectivity index (χ2v) is 7.18. The summed E-state index contributed by atoms with van der Waals surface area (Å²) >= 11 is 3.47. The zero-order valence-corrected chi connectivity index (χ0v) is 13.7. The lowest BCUT2D eigenvalue weighted by Gasteiger charge is -2.47. The second-order valence-electron chi connectivity index (χ2n) is 6.39. The Balaban J connectivity index is 2.60. The van der Waals surface area contributed by atoms with E-state index in [-0.39, 0.29) is 11.6 Å². The van der Waals surface area contributed by atoms with Crippen molar-refractivity contribution in [2.24, 2.45) is 0 Å². The van der Waals surface area contributed by atoms with Gasteiger partial charge in [-0.3, -0.25) is 4.90 Å². The molecule has 0 N–H and O–H groups in total. The highest BCUT2D eigenvalue weighted by Gasteiger charge is 2.36. The zero-order chi connectivity index (χ0) is 14.0. The van der Waals surface area contributed by atoms with Crippen LogP contribution in [0.5, 0.6) is 0 Å². The number of nitrogens with zero attached hydrogens (tertiary/aromatic N) is 2. The first-order valence-corrected chi connectivity index (χ1v) is 7.57. The molecule has 18 heavy (non-hydrogen) atoms. The van der Waals surface area contributed by atoms with Crippen LogP contribution in [-0.2, 0) is 4.74 Å². The molecule has 1 saturated heterocycles. The van der Waals surface area contributed by atoms with Crippen molar-refractivity contribution in [1.29, 1.82) is 0 Å². The lowest BCUT2D eigenvalue weighted by molar-refractivity contribution is -0.0131. The van der Waals surface area contributed by atoms with Gasteiger partial charge in [0.05, 0.1) is 0 Å². The molecule has 0 saturated carbocycles. The van der Waals surface area contributed by atoms with E-state index in [4.69, 9.17) is 4.74 Å². The average Bonchev–Trinajstić information content (AvgIpc) is 2.18. The van der Waals surface area contributed by atoms with Gasteiger partial charge in [0.15, 0.2) is 0 Å². The van der Waals surface area contributed by atoms with Gasteiger partial charge in [0.1, 0.15) is 5.60 Å². The molecule has 0 aliphatic carbocycles. The Hall–Kier alpha value is -0.290. The molecule has 0 atom stereocenters. The Morgan fingerprint density at radius 2 is 1.94 bits per heavy atom. The van der Waals surface area contributed by atoms with Crippen LogP contribution in [0.25, 0.3) is 0 Å². The summed E-state index contributed by atoms with van der Waals surface area (Å²) in [7, 11) is 0. The number of rotatable bonds is 2. The van der Waals surface area contributed by atoms with Gasteiger partial charge in [-0.2, -0.15) is 0 Å². The highest BCUT2D eigenvalue weighted by molar-refractivity contribution is 9.09. The molecule has 5 heteroatoms. The third-order valence-electron chi connectivity index (χ3n) is 3.08. The molecule has 4 nitrogen and oxygen atoms in total. The standard InChI is InChI=1S/C13H25BrN2O2/c1-12(2,3)18-11(17)15-8-9-16(7-6-14)13(4,5)10-15/h6-10H2,1-5H3. The minimum atomic E-state index is -0.422. The van der Waals surface area contributed by atoms with Crippen molar-refractivity contribution < 1.29 is 9.53 Å². The number of ether oxygens (including phenoxy) is 1. The average molecular weight is 321 g/mol. The number of alkyl halides is 1. The summed E-state index contributed by atoms with van der Waals surface area (Å²) in [5.74, 6) is 0. The van der Waals surface area contributed by atoms with Gasteiger partial charge in [-0.05, 0) is 34.6 Å². The monoisotopic (exact) mass is 320 g/mol. The minimum absolute atomic E-state index is 0.00290. The molecule has 1 heterocycles. The molecule has 106 valence electrons. The van der Waals surface area contributed by atoms with Crippen LogP contribution in [0.3, 0.4) is 0 Å². The number of piperazine rings is 1. The summed E-state index contributed by atoms with van der Waals surface area (Å²) in [5.41, 5.74) is -0.420. The number of hydrogen-bond acceptors (Lipinski definition) is 3. The van der Waals surface area contributed by atoms with E-state index < -0.39 is 5.60 Å². The summed E-state index contributed by atoms with van der Waals surface area (Å²) < 4.78 is 5.42. The molecule has 1 aliphatic rings. The van der Waals surface area contributed by atoms with E-state index in [9.17, 15) is 4.79 Å². The van der Waals surface area contributed by atoms with Gasteiger partial charge in [0.2, 0.25) is 0 Å². The Kier molecular flexibility index (Phi) is 5.06. The number of hydrogen-bond donors (Lipinski definition) is 0. The molecule has 0 aromatic carbocycles. The molecule has 1 rings (SSSR count). The molecule has 1 amide bonds. The van der Waals surface area contributed by atoms with Crippen molar-refractivity contribution in [3.05, 3.63) is 0 Å². The van der Waals surface area contributed by atoms with Gasteiger partial charge < -0.3 is 9.64 Å². The maximum absolute atomic E-state index is 12.0.